The van der Waals surface area contributed by atoms with Gasteiger partial charge in [0.2, 0.25) is 0 Å². The number of fused-ring (bicyclic) bond motifs is 1. The summed E-state index contributed by atoms with van der Waals surface area (Å²) in [4.78, 5) is 7.70. The molecule has 2 aromatic heterocycles. The number of aromatic nitrogens is 2. The zero-order chi connectivity index (χ0) is 17.4. The molecule has 6 heteroatoms. The SMILES string of the molecule is COc1ccc(F)cc1-c1ccnc2[nH]c(C3=C[C@H](CO)NC3)cc12. The molecule has 0 spiro atoms. The Bertz CT molecular complexity index is 964. The number of aromatic amines is 1. The van der Waals surface area contributed by atoms with Gasteiger partial charge in [0.15, 0.2) is 0 Å². The van der Waals surface area contributed by atoms with E-state index in [2.05, 4.69) is 15.3 Å². The minimum atomic E-state index is -0.315. The Kier molecular flexibility index (Phi) is 3.99. The normalized spacial score (nSPS) is 17.1. The molecular weight excluding hydrogens is 321 g/mol. The third kappa shape index (κ3) is 2.79. The van der Waals surface area contributed by atoms with Crippen LogP contribution in [0, 0.1) is 5.82 Å². The molecule has 0 radical (unpaired) electrons. The van der Waals surface area contributed by atoms with E-state index in [9.17, 15) is 9.50 Å². The van der Waals surface area contributed by atoms with Gasteiger partial charge in [-0.25, -0.2) is 9.37 Å². The van der Waals surface area contributed by atoms with Crippen molar-refractivity contribution < 1.29 is 14.2 Å². The zero-order valence-electron chi connectivity index (χ0n) is 13.7. The summed E-state index contributed by atoms with van der Waals surface area (Å²) in [6, 6.07) is 8.31. The molecule has 1 aliphatic heterocycles. The van der Waals surface area contributed by atoms with Crippen molar-refractivity contribution in [2.45, 2.75) is 6.04 Å². The number of nitrogens with zero attached hydrogens (tertiary/aromatic N) is 1. The number of benzene rings is 1. The molecule has 1 aromatic carbocycles. The van der Waals surface area contributed by atoms with Gasteiger partial charge in [0.1, 0.15) is 17.2 Å². The lowest BCUT2D eigenvalue weighted by atomic mass is 10.0. The molecule has 0 saturated carbocycles. The fourth-order valence-corrected chi connectivity index (χ4v) is 3.23. The topological polar surface area (TPSA) is 70.2 Å². The average molecular weight is 339 g/mol. The maximum atomic E-state index is 13.8. The summed E-state index contributed by atoms with van der Waals surface area (Å²) >= 11 is 0. The molecule has 0 amide bonds. The van der Waals surface area contributed by atoms with Gasteiger partial charge in [0.25, 0.3) is 0 Å². The fraction of sp³-hybridized carbons (Fsp3) is 0.211. The van der Waals surface area contributed by atoms with Gasteiger partial charge in [0.05, 0.1) is 13.7 Å². The van der Waals surface area contributed by atoms with Gasteiger partial charge in [-0.1, -0.05) is 6.08 Å². The number of nitrogens with one attached hydrogen (secondary N) is 2. The highest BCUT2D eigenvalue weighted by molar-refractivity contribution is 5.97. The molecule has 0 bridgehead atoms. The number of aliphatic hydroxyl groups excluding tert-OH is 1. The highest BCUT2D eigenvalue weighted by atomic mass is 19.1. The predicted octanol–water partition coefficient (Wildman–Crippen LogP) is 2.73. The van der Waals surface area contributed by atoms with Crippen molar-refractivity contribution >= 4 is 16.6 Å². The van der Waals surface area contributed by atoms with E-state index in [1.54, 1.807) is 19.4 Å². The van der Waals surface area contributed by atoms with Crippen LogP contribution < -0.4 is 10.1 Å². The van der Waals surface area contributed by atoms with E-state index in [1.165, 1.54) is 12.1 Å². The Morgan fingerprint density at radius 3 is 2.92 bits per heavy atom. The molecule has 5 nitrogen and oxygen atoms in total. The van der Waals surface area contributed by atoms with Gasteiger partial charge >= 0.3 is 0 Å². The Morgan fingerprint density at radius 1 is 1.28 bits per heavy atom. The summed E-state index contributed by atoms with van der Waals surface area (Å²) in [5.74, 6) is 0.295. The molecule has 3 heterocycles. The smallest absolute Gasteiger partial charge is 0.138 e. The van der Waals surface area contributed by atoms with Crippen LogP contribution in [0.1, 0.15) is 5.69 Å². The Morgan fingerprint density at radius 2 is 2.16 bits per heavy atom. The largest absolute Gasteiger partial charge is 0.496 e. The summed E-state index contributed by atoms with van der Waals surface area (Å²) in [5, 5.41) is 13.4. The fourth-order valence-electron chi connectivity index (χ4n) is 3.23. The first-order valence-electron chi connectivity index (χ1n) is 8.06. The van der Waals surface area contributed by atoms with Crippen LogP contribution in [-0.4, -0.2) is 41.4 Å². The number of rotatable bonds is 4. The van der Waals surface area contributed by atoms with Gasteiger partial charge in [-0.2, -0.15) is 0 Å². The van der Waals surface area contributed by atoms with Crippen LogP contribution in [0.5, 0.6) is 5.75 Å². The molecular formula is C19H18FN3O2. The minimum absolute atomic E-state index is 0.0304. The van der Waals surface area contributed by atoms with Crippen molar-refractivity contribution in [3.8, 4) is 16.9 Å². The van der Waals surface area contributed by atoms with Gasteiger partial charge < -0.3 is 20.1 Å². The van der Waals surface area contributed by atoms with Crippen molar-refractivity contribution in [3.63, 3.8) is 0 Å². The van der Waals surface area contributed by atoms with Crippen molar-refractivity contribution in [2.75, 3.05) is 20.3 Å². The highest BCUT2D eigenvalue weighted by Gasteiger charge is 2.18. The summed E-state index contributed by atoms with van der Waals surface area (Å²) in [6.45, 7) is 0.740. The molecule has 1 atom stereocenters. The number of pyridine rings is 1. The van der Waals surface area contributed by atoms with Crippen LogP contribution in [0.2, 0.25) is 0 Å². The van der Waals surface area contributed by atoms with Crippen LogP contribution in [0.4, 0.5) is 4.39 Å². The molecule has 3 aromatic rings. The first kappa shape index (κ1) is 15.8. The van der Waals surface area contributed by atoms with Gasteiger partial charge in [-0.05, 0) is 41.5 Å². The van der Waals surface area contributed by atoms with E-state index in [1.807, 2.05) is 18.2 Å². The average Bonchev–Trinajstić information content (AvgIpc) is 3.27. The zero-order valence-corrected chi connectivity index (χ0v) is 13.7. The van der Waals surface area contributed by atoms with Crippen LogP contribution in [0.25, 0.3) is 27.7 Å². The number of hydrogen-bond donors (Lipinski definition) is 3. The molecule has 0 aliphatic carbocycles. The second kappa shape index (κ2) is 6.31. The number of H-pyrrole nitrogens is 1. The van der Waals surface area contributed by atoms with Crippen LogP contribution in [-0.2, 0) is 0 Å². The Hall–Kier alpha value is -2.70. The van der Waals surface area contributed by atoms with E-state index in [-0.39, 0.29) is 18.5 Å². The number of ether oxygens (including phenoxy) is 1. The van der Waals surface area contributed by atoms with Crippen molar-refractivity contribution in [2.24, 2.45) is 0 Å². The number of halogens is 1. The lowest BCUT2D eigenvalue weighted by Gasteiger charge is -2.09. The van der Waals surface area contributed by atoms with Crippen molar-refractivity contribution in [1.82, 2.24) is 15.3 Å². The molecule has 0 unspecified atom stereocenters. The van der Waals surface area contributed by atoms with Crippen LogP contribution in [0.3, 0.4) is 0 Å². The van der Waals surface area contributed by atoms with E-state index in [0.29, 0.717) is 17.9 Å². The minimum Gasteiger partial charge on any atom is -0.496 e. The first-order chi connectivity index (χ1) is 12.2. The first-order valence-corrected chi connectivity index (χ1v) is 8.06. The monoisotopic (exact) mass is 339 g/mol. The second-order valence-corrected chi connectivity index (χ2v) is 6.01. The summed E-state index contributed by atoms with van der Waals surface area (Å²) in [7, 11) is 1.57. The highest BCUT2D eigenvalue weighted by Crippen LogP contribution is 2.36. The van der Waals surface area contributed by atoms with E-state index >= 15 is 0 Å². The molecule has 128 valence electrons. The van der Waals surface area contributed by atoms with E-state index in [4.69, 9.17) is 4.74 Å². The van der Waals surface area contributed by atoms with Gasteiger partial charge in [-0.3, -0.25) is 0 Å². The molecule has 3 N–H and O–H groups in total. The summed E-state index contributed by atoms with van der Waals surface area (Å²) in [6.07, 6.45) is 3.70. The third-order valence-corrected chi connectivity index (χ3v) is 4.48. The maximum Gasteiger partial charge on any atom is 0.138 e. The second-order valence-electron chi connectivity index (χ2n) is 6.01. The lowest BCUT2D eigenvalue weighted by molar-refractivity contribution is 0.271. The number of aliphatic hydroxyl groups is 1. The molecule has 4 rings (SSSR count). The van der Waals surface area contributed by atoms with Crippen molar-refractivity contribution in [1.29, 1.82) is 0 Å². The Labute approximate surface area is 144 Å². The quantitative estimate of drug-likeness (QED) is 0.684. The molecule has 1 aliphatic rings. The number of hydrogen-bond acceptors (Lipinski definition) is 4. The predicted molar refractivity (Wildman–Crippen MR) is 94.9 cm³/mol. The van der Waals surface area contributed by atoms with E-state index in [0.717, 1.165) is 27.9 Å². The standard InChI is InChI=1S/C19H18FN3O2/c1-25-18-3-2-12(20)7-15(18)14-4-5-21-19-16(14)8-17(23-19)11-6-13(10-24)22-9-11/h2-8,13,22,24H,9-10H2,1H3,(H,21,23)/t13-/m1/s1. The lowest BCUT2D eigenvalue weighted by Crippen LogP contribution is -2.25. The number of methoxy groups -OCH3 is 1. The van der Waals surface area contributed by atoms with Crippen molar-refractivity contribution in [3.05, 3.63) is 54.1 Å². The summed E-state index contributed by atoms with van der Waals surface area (Å²) < 4.78 is 19.2. The van der Waals surface area contributed by atoms with Crippen LogP contribution >= 0.6 is 0 Å². The Balaban J connectivity index is 1.85. The third-order valence-electron chi connectivity index (χ3n) is 4.48. The summed E-state index contributed by atoms with van der Waals surface area (Å²) in [5.41, 5.74) is 4.29. The molecule has 0 saturated heterocycles. The van der Waals surface area contributed by atoms with E-state index < -0.39 is 0 Å². The molecule has 0 fully saturated rings. The molecule has 25 heavy (non-hydrogen) atoms. The van der Waals surface area contributed by atoms with Crippen LogP contribution in [0.15, 0.2) is 42.6 Å². The van der Waals surface area contributed by atoms with Gasteiger partial charge in [0, 0.05) is 35.4 Å². The maximum absolute atomic E-state index is 13.8. The van der Waals surface area contributed by atoms with Gasteiger partial charge in [-0.15, -0.1) is 0 Å².